The van der Waals surface area contributed by atoms with Crippen LogP contribution in [0.5, 0.6) is 5.75 Å². The van der Waals surface area contributed by atoms with Crippen molar-refractivity contribution in [3.63, 3.8) is 0 Å². The lowest BCUT2D eigenvalue weighted by molar-refractivity contribution is 0.0951. The number of carbonyl (C=O) groups excluding carboxylic acids is 1. The molecule has 0 spiro atoms. The fourth-order valence-corrected chi connectivity index (χ4v) is 2.36. The molecular weight excluding hydrogens is 352 g/mol. The maximum Gasteiger partial charge on any atom is 0.251 e. The van der Waals surface area contributed by atoms with E-state index in [1.807, 2.05) is 24.3 Å². The van der Waals surface area contributed by atoms with E-state index in [1.165, 1.54) is 0 Å². The number of benzene rings is 2. The van der Waals surface area contributed by atoms with Gasteiger partial charge < -0.3 is 15.4 Å². The molecule has 0 radical (unpaired) electrons. The van der Waals surface area contributed by atoms with Crippen molar-refractivity contribution in [3.8, 4) is 5.75 Å². The minimum atomic E-state index is -0.140. The Kier molecular flexibility index (Phi) is 5.66. The van der Waals surface area contributed by atoms with Gasteiger partial charge in [0.2, 0.25) is 0 Å². The van der Waals surface area contributed by atoms with Gasteiger partial charge in [0.1, 0.15) is 5.75 Å². The van der Waals surface area contributed by atoms with E-state index in [-0.39, 0.29) is 5.91 Å². The molecule has 0 atom stereocenters. The summed E-state index contributed by atoms with van der Waals surface area (Å²) >= 11 is 5.71. The van der Waals surface area contributed by atoms with Crippen LogP contribution in [-0.4, -0.2) is 23.2 Å². The van der Waals surface area contributed by atoms with Gasteiger partial charge in [-0.25, -0.2) is 0 Å². The van der Waals surface area contributed by atoms with Gasteiger partial charge in [-0.3, -0.25) is 4.79 Å². The Hall–Kier alpha value is -3.12. The summed E-state index contributed by atoms with van der Waals surface area (Å²) < 4.78 is 5.12. The summed E-state index contributed by atoms with van der Waals surface area (Å²) in [5.74, 6) is 1.22. The van der Waals surface area contributed by atoms with Crippen LogP contribution in [0, 0.1) is 0 Å². The van der Waals surface area contributed by atoms with Crippen molar-refractivity contribution in [2.75, 3.05) is 12.4 Å². The van der Waals surface area contributed by atoms with Gasteiger partial charge in [0.25, 0.3) is 5.91 Å². The minimum absolute atomic E-state index is 0.140. The SMILES string of the molecule is COc1ccc(CNC(=O)c2ccc(Nc3ccc(Cl)nn3)cc2)cc1. The van der Waals surface area contributed by atoms with Crippen LogP contribution in [0.25, 0.3) is 0 Å². The molecule has 0 aliphatic rings. The summed E-state index contributed by atoms with van der Waals surface area (Å²) in [6, 6.07) is 18.0. The lowest BCUT2D eigenvalue weighted by atomic mass is 10.1. The van der Waals surface area contributed by atoms with Gasteiger partial charge in [0, 0.05) is 17.8 Å². The van der Waals surface area contributed by atoms with E-state index in [4.69, 9.17) is 16.3 Å². The van der Waals surface area contributed by atoms with Gasteiger partial charge in [0.05, 0.1) is 7.11 Å². The van der Waals surface area contributed by atoms with Gasteiger partial charge in [-0.2, -0.15) is 0 Å². The third-order valence-corrected chi connectivity index (χ3v) is 3.87. The first kappa shape index (κ1) is 17.7. The minimum Gasteiger partial charge on any atom is -0.497 e. The molecular formula is C19H17ClN4O2. The third-order valence-electron chi connectivity index (χ3n) is 3.66. The standard InChI is InChI=1S/C19H17ClN4O2/c1-26-16-8-2-13(3-9-16)12-21-19(25)14-4-6-15(7-5-14)22-18-11-10-17(20)23-24-18/h2-11H,12H2,1H3,(H,21,25)(H,22,24). The summed E-state index contributed by atoms with van der Waals surface area (Å²) in [4.78, 5) is 12.3. The average molecular weight is 369 g/mol. The van der Waals surface area contributed by atoms with Crippen molar-refractivity contribution in [3.05, 3.63) is 76.9 Å². The van der Waals surface area contributed by atoms with E-state index < -0.39 is 0 Å². The van der Waals surface area contributed by atoms with Gasteiger partial charge in [0.15, 0.2) is 11.0 Å². The van der Waals surface area contributed by atoms with Gasteiger partial charge in [-0.1, -0.05) is 23.7 Å². The van der Waals surface area contributed by atoms with E-state index in [1.54, 1.807) is 43.5 Å². The molecule has 1 amide bonds. The maximum absolute atomic E-state index is 12.3. The van der Waals surface area contributed by atoms with Crippen LogP contribution in [0.4, 0.5) is 11.5 Å². The Morgan fingerprint density at radius 2 is 1.73 bits per heavy atom. The number of methoxy groups -OCH3 is 1. The number of nitrogens with zero attached hydrogens (tertiary/aromatic N) is 2. The summed E-state index contributed by atoms with van der Waals surface area (Å²) in [5.41, 5.74) is 2.37. The predicted octanol–water partition coefficient (Wildman–Crippen LogP) is 3.81. The van der Waals surface area contributed by atoms with Crippen LogP contribution in [0.15, 0.2) is 60.7 Å². The largest absolute Gasteiger partial charge is 0.497 e. The van der Waals surface area contributed by atoms with Crippen LogP contribution in [0.1, 0.15) is 15.9 Å². The number of rotatable bonds is 6. The first-order chi connectivity index (χ1) is 12.6. The molecule has 2 N–H and O–H groups in total. The Balaban J connectivity index is 1.56. The number of amides is 1. The van der Waals surface area contributed by atoms with Crippen molar-refractivity contribution >= 4 is 29.0 Å². The van der Waals surface area contributed by atoms with Gasteiger partial charge >= 0.3 is 0 Å². The fraction of sp³-hybridized carbons (Fsp3) is 0.105. The highest BCUT2D eigenvalue weighted by molar-refractivity contribution is 6.29. The van der Waals surface area contributed by atoms with Crippen LogP contribution < -0.4 is 15.4 Å². The Morgan fingerprint density at radius 3 is 2.35 bits per heavy atom. The normalized spacial score (nSPS) is 10.2. The van der Waals surface area contributed by atoms with Crippen molar-refractivity contribution < 1.29 is 9.53 Å². The Labute approximate surface area is 156 Å². The molecule has 2 aromatic carbocycles. The highest BCUT2D eigenvalue weighted by Gasteiger charge is 2.06. The third kappa shape index (κ3) is 4.70. The van der Waals surface area contributed by atoms with E-state index in [0.717, 1.165) is 17.0 Å². The van der Waals surface area contributed by atoms with E-state index in [9.17, 15) is 4.79 Å². The lowest BCUT2D eigenvalue weighted by Gasteiger charge is -2.08. The first-order valence-corrected chi connectivity index (χ1v) is 8.29. The molecule has 7 heteroatoms. The van der Waals surface area contributed by atoms with Crippen molar-refractivity contribution in [1.82, 2.24) is 15.5 Å². The summed E-state index contributed by atoms with van der Waals surface area (Å²) in [6.07, 6.45) is 0. The van der Waals surface area contributed by atoms with E-state index >= 15 is 0 Å². The molecule has 0 bridgehead atoms. The molecule has 1 aromatic heterocycles. The second-order valence-electron chi connectivity index (χ2n) is 5.47. The number of carbonyl (C=O) groups is 1. The lowest BCUT2D eigenvalue weighted by Crippen LogP contribution is -2.22. The highest BCUT2D eigenvalue weighted by atomic mass is 35.5. The van der Waals surface area contributed by atoms with Crippen molar-refractivity contribution in [2.24, 2.45) is 0 Å². The molecule has 0 aliphatic heterocycles. The van der Waals surface area contributed by atoms with Gasteiger partial charge in [-0.05, 0) is 54.1 Å². The number of ether oxygens (including phenoxy) is 1. The monoisotopic (exact) mass is 368 g/mol. The summed E-state index contributed by atoms with van der Waals surface area (Å²) in [7, 11) is 1.62. The van der Waals surface area contributed by atoms with Crippen molar-refractivity contribution in [2.45, 2.75) is 6.54 Å². The van der Waals surface area contributed by atoms with E-state index in [2.05, 4.69) is 20.8 Å². The molecule has 0 saturated heterocycles. The maximum atomic E-state index is 12.3. The highest BCUT2D eigenvalue weighted by Crippen LogP contribution is 2.16. The second kappa shape index (κ2) is 8.31. The van der Waals surface area contributed by atoms with Crippen LogP contribution in [0.2, 0.25) is 5.15 Å². The quantitative estimate of drug-likeness (QED) is 0.691. The zero-order valence-electron chi connectivity index (χ0n) is 14.1. The van der Waals surface area contributed by atoms with Crippen molar-refractivity contribution in [1.29, 1.82) is 0 Å². The summed E-state index contributed by atoms with van der Waals surface area (Å²) in [6.45, 7) is 0.448. The number of anilines is 2. The molecule has 6 nitrogen and oxygen atoms in total. The fourth-order valence-electron chi connectivity index (χ4n) is 2.26. The molecule has 132 valence electrons. The number of hydrogen-bond acceptors (Lipinski definition) is 5. The Morgan fingerprint density at radius 1 is 1.00 bits per heavy atom. The average Bonchev–Trinajstić information content (AvgIpc) is 2.69. The molecule has 0 unspecified atom stereocenters. The topological polar surface area (TPSA) is 76.1 Å². The smallest absolute Gasteiger partial charge is 0.251 e. The zero-order chi connectivity index (χ0) is 18.4. The Bertz CT molecular complexity index is 866. The molecule has 0 aliphatic carbocycles. The number of aromatic nitrogens is 2. The molecule has 3 aromatic rings. The van der Waals surface area contributed by atoms with Crippen LogP contribution >= 0.6 is 11.6 Å². The number of halogens is 1. The summed E-state index contributed by atoms with van der Waals surface area (Å²) in [5, 5.41) is 14.0. The predicted molar refractivity (Wildman–Crippen MR) is 101 cm³/mol. The molecule has 3 rings (SSSR count). The molecule has 0 saturated carbocycles. The first-order valence-electron chi connectivity index (χ1n) is 7.91. The molecule has 0 fully saturated rings. The molecule has 26 heavy (non-hydrogen) atoms. The zero-order valence-corrected chi connectivity index (χ0v) is 14.8. The van der Waals surface area contributed by atoms with Crippen LogP contribution in [-0.2, 0) is 6.54 Å². The van der Waals surface area contributed by atoms with Crippen LogP contribution in [0.3, 0.4) is 0 Å². The number of nitrogens with one attached hydrogen (secondary N) is 2. The van der Waals surface area contributed by atoms with E-state index in [0.29, 0.717) is 23.1 Å². The van der Waals surface area contributed by atoms with Gasteiger partial charge in [-0.15, -0.1) is 10.2 Å². The second-order valence-corrected chi connectivity index (χ2v) is 5.86. The number of hydrogen-bond donors (Lipinski definition) is 2. The molecule has 1 heterocycles.